The van der Waals surface area contributed by atoms with E-state index in [2.05, 4.69) is 45.5 Å². The summed E-state index contributed by atoms with van der Waals surface area (Å²) < 4.78 is 22.6. The highest BCUT2D eigenvalue weighted by Crippen LogP contribution is 2.37. The summed E-state index contributed by atoms with van der Waals surface area (Å²) in [5.74, 6) is 0.594. The minimum Gasteiger partial charge on any atom is -0.313 e. The first-order chi connectivity index (χ1) is 8.44. The van der Waals surface area contributed by atoms with Crippen LogP contribution in [0.2, 0.25) is 0 Å². The molecule has 0 saturated heterocycles. The van der Waals surface area contributed by atoms with Gasteiger partial charge in [-0.2, -0.15) is 0 Å². The van der Waals surface area contributed by atoms with Crippen LogP contribution in [0, 0.1) is 0 Å². The molecule has 0 atom stereocenters. The number of benzene rings is 1. The summed E-state index contributed by atoms with van der Waals surface area (Å²) >= 11 is 3.42. The SMILES string of the molecule is NS(=O)(=O)CCNC1CC(c2ccc(Br)cc2)C1. The Bertz CT molecular complexity index is 495. The van der Waals surface area contributed by atoms with Gasteiger partial charge in [0.05, 0.1) is 5.75 Å². The Morgan fingerprint density at radius 3 is 2.44 bits per heavy atom. The lowest BCUT2D eigenvalue weighted by Crippen LogP contribution is -2.42. The molecule has 1 aliphatic carbocycles. The van der Waals surface area contributed by atoms with Crippen molar-refractivity contribution in [1.82, 2.24) is 5.32 Å². The fourth-order valence-corrected chi connectivity index (χ4v) is 2.86. The minimum absolute atomic E-state index is 0.00640. The van der Waals surface area contributed by atoms with Crippen molar-refractivity contribution in [3.63, 3.8) is 0 Å². The summed E-state index contributed by atoms with van der Waals surface area (Å²) in [5.41, 5.74) is 1.35. The van der Waals surface area contributed by atoms with Crippen LogP contribution in [0.3, 0.4) is 0 Å². The summed E-state index contributed by atoms with van der Waals surface area (Å²) in [6.07, 6.45) is 2.12. The second-order valence-electron chi connectivity index (χ2n) is 4.74. The predicted octanol–water partition coefficient (Wildman–Crippen LogP) is 1.57. The van der Waals surface area contributed by atoms with Crippen LogP contribution in [0.15, 0.2) is 28.7 Å². The van der Waals surface area contributed by atoms with E-state index in [4.69, 9.17) is 5.14 Å². The molecule has 1 aromatic rings. The number of hydrogen-bond acceptors (Lipinski definition) is 3. The Kier molecular flexibility index (Phi) is 4.42. The second kappa shape index (κ2) is 5.69. The van der Waals surface area contributed by atoms with E-state index in [1.807, 2.05) is 0 Å². The molecule has 0 spiro atoms. The van der Waals surface area contributed by atoms with E-state index in [9.17, 15) is 8.42 Å². The molecule has 2 rings (SSSR count). The first-order valence-corrected chi connectivity index (χ1v) is 8.44. The second-order valence-corrected chi connectivity index (χ2v) is 7.39. The van der Waals surface area contributed by atoms with Crippen LogP contribution in [-0.2, 0) is 10.0 Å². The summed E-state index contributed by atoms with van der Waals surface area (Å²) in [6, 6.07) is 8.79. The van der Waals surface area contributed by atoms with E-state index in [0.29, 0.717) is 18.5 Å². The van der Waals surface area contributed by atoms with Crippen molar-refractivity contribution in [3.05, 3.63) is 34.3 Å². The first kappa shape index (κ1) is 14.0. The average molecular weight is 333 g/mol. The van der Waals surface area contributed by atoms with Crippen molar-refractivity contribution < 1.29 is 8.42 Å². The number of primary sulfonamides is 1. The topological polar surface area (TPSA) is 72.2 Å². The first-order valence-electron chi connectivity index (χ1n) is 5.93. The zero-order chi connectivity index (χ0) is 13.2. The van der Waals surface area contributed by atoms with Crippen molar-refractivity contribution >= 4 is 26.0 Å². The van der Waals surface area contributed by atoms with Gasteiger partial charge in [-0.15, -0.1) is 0 Å². The summed E-state index contributed by atoms with van der Waals surface area (Å²) in [6.45, 7) is 0.441. The fourth-order valence-electron chi connectivity index (χ4n) is 2.20. The maximum absolute atomic E-state index is 10.8. The van der Waals surface area contributed by atoms with E-state index >= 15 is 0 Å². The number of sulfonamides is 1. The molecule has 1 fully saturated rings. The van der Waals surface area contributed by atoms with E-state index in [0.717, 1.165) is 17.3 Å². The van der Waals surface area contributed by atoms with Gasteiger partial charge in [0.2, 0.25) is 10.0 Å². The number of rotatable bonds is 5. The van der Waals surface area contributed by atoms with Gasteiger partial charge in [-0.25, -0.2) is 13.6 Å². The molecule has 0 bridgehead atoms. The van der Waals surface area contributed by atoms with Crippen molar-refractivity contribution in [3.8, 4) is 0 Å². The predicted molar refractivity (Wildman–Crippen MR) is 75.9 cm³/mol. The maximum Gasteiger partial charge on any atom is 0.210 e. The zero-order valence-corrected chi connectivity index (χ0v) is 12.4. The summed E-state index contributed by atoms with van der Waals surface area (Å²) in [5, 5.41) is 8.16. The number of halogens is 1. The Labute approximate surface area is 116 Å². The average Bonchev–Trinajstić information content (AvgIpc) is 2.22. The Morgan fingerprint density at radius 1 is 1.28 bits per heavy atom. The largest absolute Gasteiger partial charge is 0.313 e. The van der Waals surface area contributed by atoms with Crippen molar-refractivity contribution in [2.45, 2.75) is 24.8 Å². The molecule has 0 aliphatic heterocycles. The molecule has 0 radical (unpaired) electrons. The van der Waals surface area contributed by atoms with Crippen molar-refractivity contribution in [1.29, 1.82) is 0 Å². The van der Waals surface area contributed by atoms with Gasteiger partial charge in [-0.3, -0.25) is 0 Å². The molecule has 4 nitrogen and oxygen atoms in total. The fraction of sp³-hybridized carbons (Fsp3) is 0.500. The van der Waals surface area contributed by atoms with Crippen LogP contribution in [0.4, 0.5) is 0 Å². The van der Waals surface area contributed by atoms with Crippen LogP contribution in [0.25, 0.3) is 0 Å². The van der Waals surface area contributed by atoms with Gasteiger partial charge in [-0.05, 0) is 36.5 Å². The molecule has 0 aromatic heterocycles. The lowest BCUT2D eigenvalue weighted by molar-refractivity contribution is 0.296. The van der Waals surface area contributed by atoms with Crippen LogP contribution >= 0.6 is 15.9 Å². The van der Waals surface area contributed by atoms with Crippen LogP contribution in [0.1, 0.15) is 24.3 Å². The highest BCUT2D eigenvalue weighted by atomic mass is 79.9. The zero-order valence-electron chi connectivity index (χ0n) is 9.97. The summed E-state index contributed by atoms with van der Waals surface area (Å²) in [4.78, 5) is 0. The third-order valence-electron chi connectivity index (χ3n) is 3.30. The molecule has 18 heavy (non-hydrogen) atoms. The molecule has 0 amide bonds. The molecule has 100 valence electrons. The standard InChI is InChI=1S/C12H17BrN2O2S/c13-11-3-1-9(2-4-11)10-7-12(8-10)15-5-6-18(14,16)17/h1-4,10,12,15H,5-8H2,(H2,14,16,17). The molecule has 1 aromatic carbocycles. The number of nitrogens with two attached hydrogens (primary N) is 1. The smallest absolute Gasteiger partial charge is 0.210 e. The molecular weight excluding hydrogens is 316 g/mol. The Morgan fingerprint density at radius 2 is 1.89 bits per heavy atom. The van der Waals surface area contributed by atoms with Crippen LogP contribution in [0.5, 0.6) is 0 Å². The molecule has 1 saturated carbocycles. The third-order valence-corrected chi connectivity index (χ3v) is 4.60. The van der Waals surface area contributed by atoms with Crippen molar-refractivity contribution in [2.75, 3.05) is 12.3 Å². The Balaban J connectivity index is 1.72. The van der Waals surface area contributed by atoms with Gasteiger partial charge in [0.25, 0.3) is 0 Å². The monoisotopic (exact) mass is 332 g/mol. The molecule has 3 N–H and O–H groups in total. The molecular formula is C12H17BrN2O2S. The van der Waals surface area contributed by atoms with Gasteiger partial charge in [-0.1, -0.05) is 28.1 Å². The van der Waals surface area contributed by atoms with Gasteiger partial charge < -0.3 is 5.32 Å². The minimum atomic E-state index is -3.34. The summed E-state index contributed by atoms with van der Waals surface area (Å²) in [7, 11) is -3.34. The van der Waals surface area contributed by atoms with Gasteiger partial charge in [0, 0.05) is 17.1 Å². The molecule has 1 aliphatic rings. The van der Waals surface area contributed by atoms with Gasteiger partial charge in [0.15, 0.2) is 0 Å². The molecule has 0 heterocycles. The van der Waals surface area contributed by atoms with E-state index in [1.54, 1.807) is 0 Å². The highest BCUT2D eigenvalue weighted by Gasteiger charge is 2.29. The quantitative estimate of drug-likeness (QED) is 0.859. The molecule has 6 heteroatoms. The number of hydrogen-bond donors (Lipinski definition) is 2. The maximum atomic E-state index is 10.8. The lowest BCUT2D eigenvalue weighted by atomic mass is 9.76. The normalized spacial score (nSPS) is 23.7. The van der Waals surface area contributed by atoms with E-state index in [-0.39, 0.29) is 5.75 Å². The number of nitrogens with one attached hydrogen (secondary N) is 1. The Hall–Kier alpha value is -0.430. The highest BCUT2D eigenvalue weighted by molar-refractivity contribution is 9.10. The lowest BCUT2D eigenvalue weighted by Gasteiger charge is -2.36. The van der Waals surface area contributed by atoms with E-state index in [1.165, 1.54) is 5.56 Å². The molecule has 0 unspecified atom stereocenters. The van der Waals surface area contributed by atoms with Crippen LogP contribution in [-0.4, -0.2) is 26.8 Å². The van der Waals surface area contributed by atoms with E-state index < -0.39 is 10.0 Å². The third kappa shape index (κ3) is 4.05. The van der Waals surface area contributed by atoms with Crippen LogP contribution < -0.4 is 10.5 Å². The van der Waals surface area contributed by atoms with Gasteiger partial charge in [0.1, 0.15) is 0 Å². The van der Waals surface area contributed by atoms with Gasteiger partial charge >= 0.3 is 0 Å². The van der Waals surface area contributed by atoms with Crippen molar-refractivity contribution in [2.24, 2.45) is 5.14 Å².